The van der Waals surface area contributed by atoms with Crippen molar-refractivity contribution in [2.24, 2.45) is 0 Å². The van der Waals surface area contributed by atoms with Crippen molar-refractivity contribution < 1.29 is 0 Å². The highest BCUT2D eigenvalue weighted by atomic mass is 35.5. The molecule has 1 aromatic rings. The van der Waals surface area contributed by atoms with E-state index in [-0.39, 0.29) is 5.54 Å². The van der Waals surface area contributed by atoms with Crippen LogP contribution < -0.4 is 5.32 Å². The van der Waals surface area contributed by atoms with E-state index in [0.717, 1.165) is 54.6 Å². The molecule has 1 fully saturated rings. The molecule has 0 atom stereocenters. The van der Waals surface area contributed by atoms with Crippen LogP contribution in [-0.4, -0.2) is 30.1 Å². The SMILES string of the molecule is CCC1(CC)CN(Cc2c(Cl)cccc2Cl)CCCN1. The fourth-order valence-corrected chi connectivity index (χ4v) is 3.50. The van der Waals surface area contributed by atoms with Gasteiger partial charge in [0.05, 0.1) is 0 Å². The van der Waals surface area contributed by atoms with E-state index >= 15 is 0 Å². The number of nitrogens with one attached hydrogen (secondary N) is 1. The third-order valence-electron chi connectivity index (χ3n) is 4.47. The highest BCUT2D eigenvalue weighted by Crippen LogP contribution is 2.28. The molecule has 0 bridgehead atoms. The molecule has 1 aliphatic rings. The van der Waals surface area contributed by atoms with Crippen LogP contribution >= 0.6 is 23.2 Å². The Hall–Kier alpha value is -0.280. The fourth-order valence-electron chi connectivity index (χ4n) is 2.98. The molecule has 112 valence electrons. The third-order valence-corrected chi connectivity index (χ3v) is 5.18. The van der Waals surface area contributed by atoms with Gasteiger partial charge in [-0.15, -0.1) is 0 Å². The van der Waals surface area contributed by atoms with Crippen LogP contribution in [0.25, 0.3) is 0 Å². The van der Waals surface area contributed by atoms with Crippen molar-refractivity contribution in [2.45, 2.75) is 45.2 Å². The largest absolute Gasteiger partial charge is 0.310 e. The van der Waals surface area contributed by atoms with Gasteiger partial charge in [0.25, 0.3) is 0 Å². The minimum absolute atomic E-state index is 0.226. The molecule has 0 amide bonds. The Morgan fingerprint density at radius 3 is 2.45 bits per heavy atom. The highest BCUT2D eigenvalue weighted by Gasteiger charge is 2.30. The first-order valence-corrected chi connectivity index (χ1v) is 8.26. The summed E-state index contributed by atoms with van der Waals surface area (Å²) in [6.45, 7) is 8.61. The van der Waals surface area contributed by atoms with Crippen LogP contribution in [0.4, 0.5) is 0 Å². The minimum Gasteiger partial charge on any atom is -0.310 e. The normalized spacial score (nSPS) is 19.8. The maximum Gasteiger partial charge on any atom is 0.0465 e. The van der Waals surface area contributed by atoms with Gasteiger partial charge in [-0.3, -0.25) is 4.90 Å². The van der Waals surface area contributed by atoms with Gasteiger partial charge in [0.15, 0.2) is 0 Å². The molecule has 1 heterocycles. The van der Waals surface area contributed by atoms with Crippen LogP contribution in [0.1, 0.15) is 38.7 Å². The number of halogens is 2. The summed E-state index contributed by atoms with van der Waals surface area (Å²) >= 11 is 12.6. The lowest BCUT2D eigenvalue weighted by Crippen LogP contribution is -2.50. The Bertz CT molecular complexity index is 424. The second kappa shape index (κ2) is 7.13. The van der Waals surface area contributed by atoms with E-state index in [9.17, 15) is 0 Å². The molecular weight excluding hydrogens is 291 g/mol. The average Bonchev–Trinajstić information content (AvgIpc) is 2.66. The Kier molecular flexibility index (Phi) is 5.74. The van der Waals surface area contributed by atoms with E-state index in [1.165, 1.54) is 6.42 Å². The molecule has 0 aromatic heterocycles. The second-order valence-electron chi connectivity index (χ2n) is 5.68. The lowest BCUT2D eigenvalue weighted by Gasteiger charge is -2.35. The van der Waals surface area contributed by atoms with Crippen molar-refractivity contribution in [2.75, 3.05) is 19.6 Å². The summed E-state index contributed by atoms with van der Waals surface area (Å²) in [6, 6.07) is 5.75. The van der Waals surface area contributed by atoms with E-state index in [1.807, 2.05) is 18.2 Å². The molecule has 20 heavy (non-hydrogen) atoms. The number of hydrogen-bond acceptors (Lipinski definition) is 2. The first kappa shape index (κ1) is 16.1. The quantitative estimate of drug-likeness (QED) is 0.889. The molecule has 0 aliphatic carbocycles. The van der Waals surface area contributed by atoms with Gasteiger partial charge in [-0.2, -0.15) is 0 Å². The van der Waals surface area contributed by atoms with Crippen LogP contribution in [0.3, 0.4) is 0 Å². The Balaban J connectivity index is 2.15. The van der Waals surface area contributed by atoms with Crippen LogP contribution in [-0.2, 0) is 6.54 Å². The molecule has 1 aromatic carbocycles. The van der Waals surface area contributed by atoms with Gasteiger partial charge in [-0.05, 0) is 44.5 Å². The summed E-state index contributed by atoms with van der Waals surface area (Å²) in [7, 11) is 0. The van der Waals surface area contributed by atoms with Gasteiger partial charge in [0, 0.05) is 34.2 Å². The van der Waals surface area contributed by atoms with E-state index in [4.69, 9.17) is 23.2 Å². The van der Waals surface area contributed by atoms with Gasteiger partial charge < -0.3 is 5.32 Å². The van der Waals surface area contributed by atoms with Gasteiger partial charge >= 0.3 is 0 Å². The van der Waals surface area contributed by atoms with Crippen molar-refractivity contribution in [3.63, 3.8) is 0 Å². The molecule has 1 N–H and O–H groups in total. The molecule has 2 rings (SSSR count). The van der Waals surface area contributed by atoms with Crippen LogP contribution in [0, 0.1) is 0 Å². The maximum atomic E-state index is 6.30. The number of hydrogen-bond donors (Lipinski definition) is 1. The predicted molar refractivity (Wildman–Crippen MR) is 87.7 cm³/mol. The van der Waals surface area contributed by atoms with Crippen molar-refractivity contribution in [3.05, 3.63) is 33.8 Å². The van der Waals surface area contributed by atoms with E-state index < -0.39 is 0 Å². The van der Waals surface area contributed by atoms with Gasteiger partial charge in [-0.25, -0.2) is 0 Å². The third kappa shape index (κ3) is 3.67. The molecule has 0 saturated carbocycles. The molecule has 0 radical (unpaired) electrons. The summed E-state index contributed by atoms with van der Waals surface area (Å²) < 4.78 is 0. The predicted octanol–water partition coefficient (Wildman–Crippen LogP) is 4.35. The molecule has 4 heteroatoms. The topological polar surface area (TPSA) is 15.3 Å². The number of nitrogens with zero attached hydrogens (tertiary/aromatic N) is 1. The van der Waals surface area contributed by atoms with E-state index in [1.54, 1.807) is 0 Å². The van der Waals surface area contributed by atoms with Crippen molar-refractivity contribution in [3.8, 4) is 0 Å². The van der Waals surface area contributed by atoms with Crippen LogP contribution in [0.2, 0.25) is 10.0 Å². The summed E-state index contributed by atoms with van der Waals surface area (Å²) in [5.41, 5.74) is 1.28. The van der Waals surface area contributed by atoms with Crippen LogP contribution in [0.5, 0.6) is 0 Å². The summed E-state index contributed by atoms with van der Waals surface area (Å²) in [6.07, 6.45) is 3.47. The molecule has 0 spiro atoms. The zero-order valence-electron chi connectivity index (χ0n) is 12.4. The van der Waals surface area contributed by atoms with Crippen molar-refractivity contribution in [1.82, 2.24) is 10.2 Å². The molecule has 1 aliphatic heterocycles. The van der Waals surface area contributed by atoms with Gasteiger partial charge in [0.1, 0.15) is 0 Å². The Labute approximate surface area is 132 Å². The lowest BCUT2D eigenvalue weighted by molar-refractivity contribution is 0.191. The standard InChI is InChI=1S/C16H24Cl2N2/c1-3-16(4-2)12-20(10-6-9-19-16)11-13-14(17)7-5-8-15(13)18/h5,7-8,19H,3-4,6,9-12H2,1-2H3. The van der Waals surface area contributed by atoms with Crippen molar-refractivity contribution >= 4 is 23.2 Å². The first-order chi connectivity index (χ1) is 9.60. The first-order valence-electron chi connectivity index (χ1n) is 7.50. The highest BCUT2D eigenvalue weighted by molar-refractivity contribution is 6.35. The van der Waals surface area contributed by atoms with Crippen LogP contribution in [0.15, 0.2) is 18.2 Å². The fraction of sp³-hybridized carbons (Fsp3) is 0.625. The molecule has 2 nitrogen and oxygen atoms in total. The maximum absolute atomic E-state index is 6.30. The number of rotatable bonds is 4. The molecule has 1 saturated heterocycles. The molecule has 0 unspecified atom stereocenters. The minimum atomic E-state index is 0.226. The van der Waals surface area contributed by atoms with Gasteiger partial charge in [0.2, 0.25) is 0 Å². The van der Waals surface area contributed by atoms with E-state index in [2.05, 4.69) is 24.1 Å². The van der Waals surface area contributed by atoms with Gasteiger partial charge in [-0.1, -0.05) is 43.1 Å². The van der Waals surface area contributed by atoms with E-state index in [0.29, 0.717) is 0 Å². The smallest absolute Gasteiger partial charge is 0.0465 e. The molecular formula is C16H24Cl2N2. The second-order valence-corrected chi connectivity index (χ2v) is 6.49. The summed E-state index contributed by atoms with van der Waals surface area (Å²) in [5, 5.41) is 5.27. The average molecular weight is 315 g/mol. The zero-order valence-corrected chi connectivity index (χ0v) is 13.9. The Morgan fingerprint density at radius 1 is 1.20 bits per heavy atom. The zero-order chi connectivity index (χ0) is 14.6. The lowest BCUT2D eigenvalue weighted by atomic mass is 9.92. The van der Waals surface area contributed by atoms with Crippen molar-refractivity contribution in [1.29, 1.82) is 0 Å². The summed E-state index contributed by atoms with van der Waals surface area (Å²) in [4.78, 5) is 2.49. The number of benzene rings is 1. The summed E-state index contributed by atoms with van der Waals surface area (Å²) in [5.74, 6) is 0. The monoisotopic (exact) mass is 314 g/mol. The Morgan fingerprint density at radius 2 is 1.85 bits per heavy atom.